The average Bonchev–Trinajstić information content (AvgIpc) is 3.22. The number of carboxylic acids is 1. The van der Waals surface area contributed by atoms with Gasteiger partial charge in [-0.25, -0.2) is 19.3 Å². The van der Waals surface area contributed by atoms with Gasteiger partial charge < -0.3 is 15.4 Å². The van der Waals surface area contributed by atoms with Crippen LogP contribution in [0.2, 0.25) is 0 Å². The number of para-hydroxylation sites is 1. The molecule has 3 N–H and O–H groups in total. The smallest absolute Gasteiger partial charge is 0.308 e. The van der Waals surface area contributed by atoms with Gasteiger partial charge in [0.25, 0.3) is 0 Å². The van der Waals surface area contributed by atoms with E-state index in [1.807, 2.05) is 24.3 Å². The van der Waals surface area contributed by atoms with Gasteiger partial charge in [-0.2, -0.15) is 0 Å². The van der Waals surface area contributed by atoms with E-state index in [4.69, 9.17) is 9.97 Å². The van der Waals surface area contributed by atoms with Gasteiger partial charge in [0.1, 0.15) is 17.3 Å². The summed E-state index contributed by atoms with van der Waals surface area (Å²) in [6.07, 6.45) is 6.92. The minimum atomic E-state index is -0.742. The van der Waals surface area contributed by atoms with Crippen LogP contribution in [-0.2, 0) is 4.79 Å². The van der Waals surface area contributed by atoms with E-state index in [0.29, 0.717) is 34.2 Å². The van der Waals surface area contributed by atoms with Crippen molar-refractivity contribution in [3.63, 3.8) is 0 Å². The number of carbonyl (C=O) groups is 1. The maximum atomic E-state index is 13.9. The summed E-state index contributed by atoms with van der Waals surface area (Å²) in [5, 5.41) is 14.9. The Morgan fingerprint density at radius 1 is 1.09 bits per heavy atom. The molecular formula is C24H22FN5O2. The van der Waals surface area contributed by atoms with Crippen LogP contribution in [0.3, 0.4) is 0 Å². The van der Waals surface area contributed by atoms with Gasteiger partial charge in [0.2, 0.25) is 0 Å². The standard InChI is InChI=1S/C24H22FN5O2/c25-14-9-16-17(11-27-21(16)26-10-14)23-28-18-4-2-1-3-15(18)22(30-23)29-20-13-7-5-12(6-8-13)19(20)24(31)32/h1-4,9-13,19-20H,5-8H2,(H,26,27)(H,31,32)(H,28,29,30)/t12?,13?,19-,20-/m0/s1. The highest BCUT2D eigenvalue weighted by atomic mass is 19.1. The van der Waals surface area contributed by atoms with Crippen LogP contribution in [-0.4, -0.2) is 37.1 Å². The number of anilines is 1. The van der Waals surface area contributed by atoms with Gasteiger partial charge in [0.05, 0.1) is 17.6 Å². The molecule has 2 bridgehead atoms. The number of H-pyrrole nitrogens is 1. The van der Waals surface area contributed by atoms with Crippen molar-refractivity contribution in [3.8, 4) is 11.4 Å². The number of aromatic nitrogens is 4. The van der Waals surface area contributed by atoms with Crippen LogP contribution in [0.25, 0.3) is 33.3 Å². The molecule has 0 unspecified atom stereocenters. The molecule has 3 fully saturated rings. The summed E-state index contributed by atoms with van der Waals surface area (Å²) in [6, 6.07) is 8.91. The van der Waals surface area contributed by atoms with Crippen molar-refractivity contribution in [2.75, 3.05) is 5.32 Å². The number of halogens is 1. The van der Waals surface area contributed by atoms with E-state index in [1.165, 1.54) is 12.3 Å². The number of aliphatic carboxylic acids is 1. The number of nitrogens with one attached hydrogen (secondary N) is 2. The lowest BCUT2D eigenvalue weighted by Crippen LogP contribution is -2.51. The van der Waals surface area contributed by atoms with Crippen LogP contribution in [0, 0.1) is 23.6 Å². The number of pyridine rings is 1. The number of rotatable bonds is 4. The summed E-state index contributed by atoms with van der Waals surface area (Å²) >= 11 is 0. The Kier molecular flexibility index (Phi) is 4.34. The minimum absolute atomic E-state index is 0.173. The third kappa shape index (κ3) is 3.01. The van der Waals surface area contributed by atoms with E-state index in [2.05, 4.69) is 15.3 Å². The van der Waals surface area contributed by atoms with E-state index >= 15 is 0 Å². The van der Waals surface area contributed by atoms with Gasteiger partial charge in [-0.3, -0.25) is 4.79 Å². The van der Waals surface area contributed by atoms with Crippen molar-refractivity contribution in [1.29, 1.82) is 0 Å². The lowest BCUT2D eigenvalue weighted by Gasteiger charge is -2.47. The lowest BCUT2D eigenvalue weighted by atomic mass is 9.61. The fourth-order valence-electron chi connectivity index (χ4n) is 5.64. The van der Waals surface area contributed by atoms with E-state index in [1.54, 1.807) is 6.20 Å². The second-order valence-electron chi connectivity index (χ2n) is 8.87. The monoisotopic (exact) mass is 431 g/mol. The molecule has 32 heavy (non-hydrogen) atoms. The Bertz CT molecular complexity index is 1340. The van der Waals surface area contributed by atoms with E-state index < -0.39 is 17.7 Å². The quantitative estimate of drug-likeness (QED) is 0.436. The summed E-state index contributed by atoms with van der Waals surface area (Å²) in [4.78, 5) is 28.8. The Morgan fingerprint density at radius 3 is 2.69 bits per heavy atom. The third-order valence-corrected chi connectivity index (χ3v) is 7.15. The number of hydrogen-bond donors (Lipinski definition) is 3. The number of fused-ring (bicyclic) bond motifs is 5. The molecule has 3 aliphatic carbocycles. The van der Waals surface area contributed by atoms with Gasteiger partial charge in [0.15, 0.2) is 5.82 Å². The molecule has 0 saturated heterocycles. The van der Waals surface area contributed by atoms with E-state index in [-0.39, 0.29) is 12.0 Å². The Labute approximate surface area is 183 Å². The number of nitrogens with zero attached hydrogens (tertiary/aromatic N) is 3. The molecule has 3 heterocycles. The van der Waals surface area contributed by atoms with Crippen LogP contribution in [0.5, 0.6) is 0 Å². The van der Waals surface area contributed by atoms with Crippen LogP contribution in [0.4, 0.5) is 10.2 Å². The Balaban J connectivity index is 1.48. The van der Waals surface area contributed by atoms with Crippen LogP contribution in [0.1, 0.15) is 25.7 Å². The van der Waals surface area contributed by atoms with E-state index in [9.17, 15) is 14.3 Å². The highest BCUT2D eigenvalue weighted by Gasteiger charge is 2.47. The molecular weight excluding hydrogens is 409 g/mol. The molecule has 1 aromatic carbocycles. The molecule has 7 nitrogen and oxygen atoms in total. The molecule has 0 radical (unpaired) electrons. The molecule has 0 aliphatic heterocycles. The van der Waals surface area contributed by atoms with Crippen LogP contribution < -0.4 is 5.32 Å². The molecule has 3 aliphatic rings. The molecule has 3 saturated carbocycles. The SMILES string of the molecule is O=C(O)[C@H]1C2CCC(CC2)[C@@H]1Nc1nc(-c2c[nH]c3ncc(F)cc23)nc2ccccc12. The predicted octanol–water partition coefficient (Wildman–Crippen LogP) is 4.61. The second kappa shape index (κ2) is 7.25. The zero-order valence-corrected chi connectivity index (χ0v) is 17.3. The summed E-state index contributed by atoms with van der Waals surface area (Å²) < 4.78 is 13.9. The van der Waals surface area contributed by atoms with Gasteiger partial charge in [-0.15, -0.1) is 0 Å². The van der Waals surface area contributed by atoms with Gasteiger partial charge in [-0.05, 0) is 55.7 Å². The van der Waals surface area contributed by atoms with Crippen molar-refractivity contribution in [3.05, 3.63) is 48.5 Å². The fourth-order valence-corrected chi connectivity index (χ4v) is 5.64. The lowest BCUT2D eigenvalue weighted by molar-refractivity contribution is -0.148. The van der Waals surface area contributed by atoms with Crippen LogP contribution >= 0.6 is 0 Å². The summed E-state index contributed by atoms with van der Waals surface area (Å²) in [5.74, 6) is -0.0274. The molecule has 7 rings (SSSR count). The summed E-state index contributed by atoms with van der Waals surface area (Å²) in [6.45, 7) is 0. The summed E-state index contributed by atoms with van der Waals surface area (Å²) in [5.41, 5.74) is 1.95. The zero-order valence-electron chi connectivity index (χ0n) is 17.3. The van der Waals surface area contributed by atoms with Crippen LogP contribution in [0.15, 0.2) is 42.7 Å². The first-order chi connectivity index (χ1) is 15.6. The second-order valence-corrected chi connectivity index (χ2v) is 8.87. The molecule has 162 valence electrons. The molecule has 0 spiro atoms. The van der Waals surface area contributed by atoms with Gasteiger partial charge in [-0.1, -0.05) is 12.1 Å². The number of hydrogen-bond acceptors (Lipinski definition) is 5. The number of carboxylic acid groups (broad SMARTS) is 1. The average molecular weight is 431 g/mol. The fraction of sp³-hybridized carbons (Fsp3) is 0.333. The first-order valence-corrected chi connectivity index (χ1v) is 11.0. The van der Waals surface area contributed by atoms with Gasteiger partial charge in [0, 0.05) is 28.6 Å². The maximum Gasteiger partial charge on any atom is 0.308 e. The first kappa shape index (κ1) is 19.2. The van der Waals surface area contributed by atoms with Crippen molar-refractivity contribution in [2.45, 2.75) is 31.7 Å². The normalized spacial score (nSPS) is 24.8. The topological polar surface area (TPSA) is 104 Å². The molecule has 4 aromatic rings. The van der Waals surface area contributed by atoms with Gasteiger partial charge >= 0.3 is 5.97 Å². The Hall–Kier alpha value is -3.55. The third-order valence-electron chi connectivity index (χ3n) is 7.15. The predicted molar refractivity (Wildman–Crippen MR) is 119 cm³/mol. The van der Waals surface area contributed by atoms with E-state index in [0.717, 1.165) is 36.6 Å². The first-order valence-electron chi connectivity index (χ1n) is 11.0. The van der Waals surface area contributed by atoms with Crippen molar-refractivity contribution in [1.82, 2.24) is 19.9 Å². The minimum Gasteiger partial charge on any atom is -0.481 e. The number of aromatic amines is 1. The molecule has 8 heteroatoms. The Morgan fingerprint density at radius 2 is 1.88 bits per heavy atom. The molecule has 3 aromatic heterocycles. The zero-order chi connectivity index (χ0) is 21.8. The van der Waals surface area contributed by atoms with Crippen molar-refractivity contribution in [2.24, 2.45) is 17.8 Å². The highest BCUT2D eigenvalue weighted by molar-refractivity contribution is 5.95. The highest BCUT2D eigenvalue weighted by Crippen LogP contribution is 2.46. The largest absolute Gasteiger partial charge is 0.481 e. The van der Waals surface area contributed by atoms with Crippen molar-refractivity contribution >= 4 is 33.7 Å². The molecule has 2 atom stereocenters. The maximum absolute atomic E-state index is 13.9. The van der Waals surface area contributed by atoms with Crippen molar-refractivity contribution < 1.29 is 14.3 Å². The number of benzene rings is 1. The molecule has 0 amide bonds. The summed E-state index contributed by atoms with van der Waals surface area (Å²) in [7, 11) is 0.